The number of benzene rings is 1. The standard InChI is InChI=1S/C14H17F3N2O/c1-4-13(2)12(20)19(3)11(18-13)9-5-7-10(8-6-9)14(15,16)17/h5-8,11,18H,4H2,1-3H3. The average Bonchev–Trinajstić information content (AvgIpc) is 2.63. The Bertz CT molecular complexity index is 512. The van der Waals surface area contributed by atoms with Crippen LogP contribution in [0.3, 0.4) is 0 Å². The van der Waals surface area contributed by atoms with Crippen molar-refractivity contribution in [2.75, 3.05) is 7.05 Å². The first-order valence-corrected chi connectivity index (χ1v) is 6.41. The van der Waals surface area contributed by atoms with Gasteiger partial charge in [-0.2, -0.15) is 13.2 Å². The molecule has 2 unspecified atom stereocenters. The maximum atomic E-state index is 12.5. The van der Waals surface area contributed by atoms with Gasteiger partial charge in [0.15, 0.2) is 0 Å². The summed E-state index contributed by atoms with van der Waals surface area (Å²) in [4.78, 5) is 13.7. The fourth-order valence-corrected chi connectivity index (χ4v) is 2.38. The van der Waals surface area contributed by atoms with Gasteiger partial charge in [-0.25, -0.2) is 0 Å². The van der Waals surface area contributed by atoms with Gasteiger partial charge in [-0.15, -0.1) is 0 Å². The van der Waals surface area contributed by atoms with Crippen molar-refractivity contribution in [3.63, 3.8) is 0 Å². The molecule has 1 aromatic carbocycles. The maximum Gasteiger partial charge on any atom is 0.416 e. The van der Waals surface area contributed by atoms with E-state index in [1.807, 2.05) is 6.92 Å². The minimum atomic E-state index is -4.35. The number of amides is 1. The van der Waals surface area contributed by atoms with Crippen LogP contribution in [0.4, 0.5) is 13.2 Å². The van der Waals surface area contributed by atoms with Crippen LogP contribution in [0.15, 0.2) is 24.3 Å². The van der Waals surface area contributed by atoms with Crippen molar-refractivity contribution >= 4 is 5.91 Å². The highest BCUT2D eigenvalue weighted by atomic mass is 19.4. The summed E-state index contributed by atoms with van der Waals surface area (Å²) in [5.74, 6) is -0.0510. The van der Waals surface area contributed by atoms with Crippen LogP contribution in [-0.2, 0) is 11.0 Å². The van der Waals surface area contributed by atoms with Gasteiger partial charge in [0, 0.05) is 7.05 Å². The van der Waals surface area contributed by atoms with Gasteiger partial charge in [0.05, 0.1) is 11.1 Å². The SMILES string of the molecule is CCC1(C)NC(c2ccc(C(F)(F)F)cc2)N(C)C1=O. The number of carbonyl (C=O) groups is 1. The molecule has 0 saturated carbocycles. The Labute approximate surface area is 115 Å². The van der Waals surface area contributed by atoms with Crippen LogP contribution in [-0.4, -0.2) is 23.4 Å². The van der Waals surface area contributed by atoms with E-state index in [2.05, 4.69) is 5.32 Å². The summed E-state index contributed by atoms with van der Waals surface area (Å²) in [7, 11) is 1.65. The molecule has 0 bridgehead atoms. The third-order valence-corrected chi connectivity index (χ3v) is 3.90. The van der Waals surface area contributed by atoms with Gasteiger partial charge < -0.3 is 4.90 Å². The second-order valence-electron chi connectivity index (χ2n) is 5.27. The summed E-state index contributed by atoms with van der Waals surface area (Å²) in [5.41, 5.74) is -0.709. The van der Waals surface area contributed by atoms with Gasteiger partial charge in [0.25, 0.3) is 0 Å². The summed E-state index contributed by atoms with van der Waals surface area (Å²) in [6.07, 6.45) is -4.12. The maximum absolute atomic E-state index is 12.5. The van der Waals surface area contributed by atoms with Crippen LogP contribution in [0.1, 0.15) is 37.6 Å². The van der Waals surface area contributed by atoms with Gasteiger partial charge in [0.2, 0.25) is 5.91 Å². The van der Waals surface area contributed by atoms with Crippen LogP contribution in [0.2, 0.25) is 0 Å². The van der Waals surface area contributed by atoms with E-state index < -0.39 is 23.4 Å². The summed E-state index contributed by atoms with van der Waals surface area (Å²) >= 11 is 0. The molecule has 0 spiro atoms. The minimum Gasteiger partial charge on any atom is -0.324 e. The van der Waals surface area contributed by atoms with Crippen molar-refractivity contribution in [1.29, 1.82) is 0 Å². The normalized spacial score (nSPS) is 27.2. The van der Waals surface area contributed by atoms with Crippen molar-refractivity contribution in [2.24, 2.45) is 0 Å². The van der Waals surface area contributed by atoms with E-state index >= 15 is 0 Å². The summed E-state index contributed by atoms with van der Waals surface area (Å²) in [6, 6.07) is 4.89. The minimum absolute atomic E-state index is 0.0510. The van der Waals surface area contributed by atoms with Crippen molar-refractivity contribution in [3.05, 3.63) is 35.4 Å². The molecule has 3 nitrogen and oxygen atoms in total. The zero-order valence-corrected chi connectivity index (χ0v) is 11.6. The molecule has 2 rings (SSSR count). The molecule has 0 aromatic heterocycles. The highest BCUT2D eigenvalue weighted by Crippen LogP contribution is 2.33. The fourth-order valence-electron chi connectivity index (χ4n) is 2.38. The molecule has 20 heavy (non-hydrogen) atoms. The molecule has 1 aromatic rings. The van der Waals surface area contributed by atoms with Gasteiger partial charge in [-0.05, 0) is 31.0 Å². The number of likely N-dealkylation sites (N-methyl/N-ethyl adjacent to an activating group) is 1. The lowest BCUT2D eigenvalue weighted by Crippen LogP contribution is -2.42. The van der Waals surface area contributed by atoms with E-state index in [1.54, 1.807) is 14.0 Å². The lowest BCUT2D eigenvalue weighted by atomic mass is 9.99. The highest BCUT2D eigenvalue weighted by molar-refractivity contribution is 5.88. The Balaban J connectivity index is 2.27. The van der Waals surface area contributed by atoms with Crippen LogP contribution in [0.5, 0.6) is 0 Å². The highest BCUT2D eigenvalue weighted by Gasteiger charge is 2.45. The lowest BCUT2D eigenvalue weighted by molar-refractivity contribution is -0.137. The molecule has 1 N–H and O–H groups in total. The van der Waals surface area contributed by atoms with Crippen molar-refractivity contribution < 1.29 is 18.0 Å². The summed E-state index contributed by atoms with van der Waals surface area (Å²) < 4.78 is 37.6. The molecule has 1 fully saturated rings. The third kappa shape index (κ3) is 2.40. The van der Waals surface area contributed by atoms with E-state index in [0.29, 0.717) is 12.0 Å². The topological polar surface area (TPSA) is 32.3 Å². The number of hydrogen-bond donors (Lipinski definition) is 1. The fraction of sp³-hybridized carbons (Fsp3) is 0.500. The molecule has 2 atom stereocenters. The molecular formula is C14H17F3N2O. The van der Waals surface area contributed by atoms with Crippen molar-refractivity contribution in [3.8, 4) is 0 Å². The quantitative estimate of drug-likeness (QED) is 0.906. The van der Waals surface area contributed by atoms with E-state index in [4.69, 9.17) is 0 Å². The van der Waals surface area contributed by atoms with Crippen LogP contribution >= 0.6 is 0 Å². The number of halogens is 3. The molecule has 0 aliphatic carbocycles. The predicted molar refractivity (Wildman–Crippen MR) is 68.8 cm³/mol. The predicted octanol–water partition coefficient (Wildman–Crippen LogP) is 2.93. The molecule has 1 aliphatic heterocycles. The Morgan fingerprint density at radius 1 is 1.30 bits per heavy atom. The molecule has 0 radical (unpaired) electrons. The monoisotopic (exact) mass is 286 g/mol. The number of rotatable bonds is 2. The first-order chi connectivity index (χ1) is 9.19. The molecule has 1 aliphatic rings. The second-order valence-corrected chi connectivity index (χ2v) is 5.27. The van der Waals surface area contributed by atoms with E-state index in [-0.39, 0.29) is 5.91 Å². The van der Waals surface area contributed by atoms with E-state index in [9.17, 15) is 18.0 Å². The van der Waals surface area contributed by atoms with Gasteiger partial charge in [-0.3, -0.25) is 10.1 Å². The molecule has 1 heterocycles. The summed E-state index contributed by atoms with van der Waals surface area (Å²) in [5, 5.41) is 3.19. The zero-order chi connectivity index (χ0) is 15.1. The van der Waals surface area contributed by atoms with Gasteiger partial charge in [-0.1, -0.05) is 19.1 Å². The Morgan fingerprint density at radius 2 is 1.85 bits per heavy atom. The van der Waals surface area contributed by atoms with E-state index in [0.717, 1.165) is 12.1 Å². The van der Waals surface area contributed by atoms with E-state index in [1.165, 1.54) is 17.0 Å². The Kier molecular flexibility index (Phi) is 3.54. The number of alkyl halides is 3. The Morgan fingerprint density at radius 3 is 2.25 bits per heavy atom. The Hall–Kier alpha value is -1.56. The van der Waals surface area contributed by atoms with Crippen molar-refractivity contribution in [2.45, 2.75) is 38.1 Å². The molecule has 6 heteroatoms. The average molecular weight is 286 g/mol. The molecular weight excluding hydrogens is 269 g/mol. The first-order valence-electron chi connectivity index (χ1n) is 6.41. The lowest BCUT2D eigenvalue weighted by Gasteiger charge is -2.21. The van der Waals surface area contributed by atoms with Gasteiger partial charge in [0.1, 0.15) is 6.17 Å². The van der Waals surface area contributed by atoms with Crippen LogP contribution in [0.25, 0.3) is 0 Å². The second kappa shape index (κ2) is 4.77. The summed E-state index contributed by atoms with van der Waals surface area (Å²) in [6.45, 7) is 3.70. The zero-order valence-electron chi connectivity index (χ0n) is 11.6. The number of nitrogens with zero attached hydrogens (tertiary/aromatic N) is 1. The van der Waals surface area contributed by atoms with Crippen molar-refractivity contribution in [1.82, 2.24) is 10.2 Å². The number of hydrogen-bond acceptors (Lipinski definition) is 2. The van der Waals surface area contributed by atoms with Gasteiger partial charge >= 0.3 is 6.18 Å². The molecule has 1 amide bonds. The smallest absolute Gasteiger partial charge is 0.324 e. The largest absolute Gasteiger partial charge is 0.416 e. The third-order valence-electron chi connectivity index (χ3n) is 3.90. The first kappa shape index (κ1) is 14.8. The number of carbonyl (C=O) groups excluding carboxylic acids is 1. The van der Waals surface area contributed by atoms with Crippen LogP contribution < -0.4 is 5.32 Å². The molecule has 1 saturated heterocycles. The number of nitrogens with one attached hydrogen (secondary N) is 1. The molecule has 110 valence electrons. The van der Waals surface area contributed by atoms with Crippen LogP contribution in [0, 0.1) is 0 Å².